The molecule has 2 aromatic carbocycles. The number of aromatic nitrogens is 2. The fraction of sp³-hybridized carbons (Fsp3) is 0.190. The molecular formula is C21H21ClN4O4S2. The van der Waals surface area contributed by atoms with Gasteiger partial charge in [-0.15, -0.1) is 0 Å². The quantitative estimate of drug-likeness (QED) is 0.250. The highest BCUT2D eigenvalue weighted by Crippen LogP contribution is 2.24. The molecule has 0 aliphatic carbocycles. The number of rotatable bonds is 10. The van der Waals surface area contributed by atoms with Gasteiger partial charge in [0.15, 0.2) is 5.15 Å². The van der Waals surface area contributed by atoms with Gasteiger partial charge in [-0.2, -0.15) is 16.4 Å². The van der Waals surface area contributed by atoms with E-state index in [9.17, 15) is 13.5 Å². The second kappa shape index (κ2) is 9.88. The van der Waals surface area contributed by atoms with Crippen molar-refractivity contribution in [3.05, 3.63) is 70.0 Å². The van der Waals surface area contributed by atoms with Crippen LogP contribution in [0.25, 0.3) is 10.9 Å². The van der Waals surface area contributed by atoms with Gasteiger partial charge in [-0.3, -0.25) is 9.82 Å². The average Bonchev–Trinajstić information content (AvgIpc) is 3.44. The molecular weight excluding hydrogens is 472 g/mol. The highest BCUT2D eigenvalue weighted by molar-refractivity contribution is 7.92. The maximum Gasteiger partial charge on any atom is 0.262 e. The van der Waals surface area contributed by atoms with Crippen LogP contribution in [0.5, 0.6) is 5.75 Å². The van der Waals surface area contributed by atoms with Crippen molar-refractivity contribution in [2.24, 2.45) is 0 Å². The Labute approximate surface area is 194 Å². The molecule has 4 N–H and O–H groups in total. The van der Waals surface area contributed by atoms with E-state index in [1.807, 2.05) is 18.2 Å². The van der Waals surface area contributed by atoms with Crippen LogP contribution in [0.1, 0.15) is 11.7 Å². The van der Waals surface area contributed by atoms with Crippen molar-refractivity contribution in [1.82, 2.24) is 15.5 Å². The summed E-state index contributed by atoms with van der Waals surface area (Å²) in [6, 6.07) is 13.7. The van der Waals surface area contributed by atoms with Crippen LogP contribution < -0.4 is 14.8 Å². The Bertz CT molecular complexity index is 1290. The van der Waals surface area contributed by atoms with E-state index in [2.05, 4.69) is 20.2 Å². The third-order valence-electron chi connectivity index (χ3n) is 4.70. The molecule has 0 radical (unpaired) electrons. The van der Waals surface area contributed by atoms with Gasteiger partial charge in [-0.1, -0.05) is 23.7 Å². The van der Waals surface area contributed by atoms with E-state index in [1.54, 1.807) is 41.1 Å². The number of ether oxygens (including phenoxy) is 1. The van der Waals surface area contributed by atoms with Gasteiger partial charge in [0.1, 0.15) is 12.4 Å². The first-order valence-electron chi connectivity index (χ1n) is 9.72. The van der Waals surface area contributed by atoms with Crippen LogP contribution >= 0.6 is 22.9 Å². The average molecular weight is 493 g/mol. The van der Waals surface area contributed by atoms with Gasteiger partial charge >= 0.3 is 0 Å². The van der Waals surface area contributed by atoms with Crippen LogP contribution in [-0.4, -0.2) is 43.4 Å². The summed E-state index contributed by atoms with van der Waals surface area (Å²) in [4.78, 5) is 0.213. The highest BCUT2D eigenvalue weighted by Gasteiger charge is 2.15. The summed E-state index contributed by atoms with van der Waals surface area (Å²) in [6.45, 7) is 1.21. The van der Waals surface area contributed by atoms with E-state index < -0.39 is 16.1 Å². The molecule has 11 heteroatoms. The van der Waals surface area contributed by atoms with Gasteiger partial charge in [0.2, 0.25) is 0 Å². The molecule has 1 atom stereocenters. The molecule has 0 unspecified atom stereocenters. The molecule has 0 spiro atoms. The summed E-state index contributed by atoms with van der Waals surface area (Å²) in [5.74, 6) is 0.686. The number of nitrogens with one attached hydrogen (secondary N) is 3. The number of aliphatic hydroxyl groups is 1. The summed E-state index contributed by atoms with van der Waals surface area (Å²) in [5.41, 5.74) is 1.79. The number of H-pyrrole nitrogens is 1. The molecule has 0 fully saturated rings. The number of halogens is 1. The van der Waals surface area contributed by atoms with Crippen LogP contribution in [0.3, 0.4) is 0 Å². The molecule has 4 aromatic rings. The minimum Gasteiger partial charge on any atom is -0.492 e. The smallest absolute Gasteiger partial charge is 0.262 e. The third-order valence-corrected chi connectivity index (χ3v) is 7.20. The number of sulfonamides is 1. The zero-order valence-electron chi connectivity index (χ0n) is 16.8. The standard InChI is InChI=1S/C21H21ClN4O4S2/c22-21-18-5-4-16(11-19(18)24-25-21)30-8-7-23-12-20(27)14-2-1-3-15(10-14)26-32(28,29)17-6-9-31-13-17/h1-6,9-11,13,20,23,26-27H,7-8,12H2,(H,24,25)/t20-/m0/s1. The Kier molecular flexibility index (Phi) is 6.97. The number of aromatic amines is 1. The first kappa shape index (κ1) is 22.6. The predicted molar refractivity (Wildman–Crippen MR) is 126 cm³/mol. The van der Waals surface area contributed by atoms with Gasteiger partial charge in [-0.25, -0.2) is 8.42 Å². The monoisotopic (exact) mass is 492 g/mol. The Morgan fingerprint density at radius 1 is 1.22 bits per heavy atom. The lowest BCUT2D eigenvalue weighted by Gasteiger charge is -2.14. The lowest BCUT2D eigenvalue weighted by Crippen LogP contribution is -2.26. The first-order chi connectivity index (χ1) is 15.4. The molecule has 0 bridgehead atoms. The third kappa shape index (κ3) is 5.40. The number of nitrogens with zero attached hydrogens (tertiary/aromatic N) is 1. The lowest BCUT2D eigenvalue weighted by atomic mass is 10.1. The summed E-state index contributed by atoms with van der Waals surface area (Å²) in [7, 11) is -3.64. The lowest BCUT2D eigenvalue weighted by molar-refractivity contribution is 0.172. The van der Waals surface area contributed by atoms with Crippen LogP contribution in [0.2, 0.25) is 5.15 Å². The van der Waals surface area contributed by atoms with Crippen molar-refractivity contribution in [2.75, 3.05) is 24.4 Å². The van der Waals surface area contributed by atoms with Gasteiger partial charge in [0.25, 0.3) is 10.0 Å². The Hall–Kier alpha value is -2.63. The van der Waals surface area contributed by atoms with E-state index >= 15 is 0 Å². The molecule has 0 saturated heterocycles. The molecule has 32 heavy (non-hydrogen) atoms. The van der Waals surface area contributed by atoms with E-state index in [-0.39, 0.29) is 4.90 Å². The molecule has 2 aromatic heterocycles. The summed E-state index contributed by atoms with van der Waals surface area (Å²) in [6.07, 6.45) is -0.802. The zero-order chi connectivity index (χ0) is 22.6. The molecule has 0 saturated carbocycles. The number of hydrogen-bond acceptors (Lipinski definition) is 7. The van der Waals surface area contributed by atoms with E-state index in [0.29, 0.717) is 41.8 Å². The van der Waals surface area contributed by atoms with E-state index in [0.717, 1.165) is 10.9 Å². The van der Waals surface area contributed by atoms with Crippen molar-refractivity contribution in [1.29, 1.82) is 0 Å². The van der Waals surface area contributed by atoms with Gasteiger partial charge < -0.3 is 15.2 Å². The van der Waals surface area contributed by atoms with E-state index in [1.165, 1.54) is 11.3 Å². The van der Waals surface area contributed by atoms with Crippen molar-refractivity contribution >= 4 is 49.6 Å². The topological polar surface area (TPSA) is 116 Å². The maximum atomic E-state index is 12.4. The molecule has 168 valence electrons. The van der Waals surface area contributed by atoms with Gasteiger partial charge in [0, 0.05) is 35.6 Å². The number of benzene rings is 2. The van der Waals surface area contributed by atoms with Crippen LogP contribution in [0.4, 0.5) is 5.69 Å². The first-order valence-corrected chi connectivity index (χ1v) is 12.5. The summed E-state index contributed by atoms with van der Waals surface area (Å²) >= 11 is 7.28. The predicted octanol–water partition coefficient (Wildman–Crippen LogP) is 3.78. The number of hydrogen-bond donors (Lipinski definition) is 4. The Balaban J connectivity index is 1.25. The Morgan fingerprint density at radius 3 is 2.91 bits per heavy atom. The SMILES string of the molecule is O=S(=O)(Nc1cccc([C@@H](O)CNCCOc2ccc3c(Cl)n[nH]c3c2)c1)c1ccsc1. The maximum absolute atomic E-state index is 12.4. The number of aliphatic hydroxyl groups excluding tert-OH is 1. The minimum absolute atomic E-state index is 0.213. The van der Waals surface area contributed by atoms with Crippen LogP contribution in [0.15, 0.2) is 64.2 Å². The van der Waals surface area contributed by atoms with E-state index in [4.69, 9.17) is 16.3 Å². The molecule has 2 heterocycles. The van der Waals surface area contributed by atoms with Gasteiger partial charge in [0.05, 0.1) is 16.5 Å². The minimum atomic E-state index is -3.64. The van der Waals surface area contributed by atoms with Crippen molar-refractivity contribution < 1.29 is 18.3 Å². The number of anilines is 1. The second-order valence-corrected chi connectivity index (χ2v) is 9.80. The fourth-order valence-electron chi connectivity index (χ4n) is 3.08. The molecule has 0 aliphatic heterocycles. The van der Waals surface area contributed by atoms with Gasteiger partial charge in [-0.05, 0) is 41.3 Å². The molecule has 0 amide bonds. The molecule has 0 aliphatic rings. The zero-order valence-corrected chi connectivity index (χ0v) is 19.2. The second-order valence-electron chi connectivity index (χ2n) is 6.98. The van der Waals surface area contributed by atoms with Crippen LogP contribution in [-0.2, 0) is 10.0 Å². The molecule has 8 nitrogen and oxygen atoms in total. The highest BCUT2D eigenvalue weighted by atomic mass is 35.5. The van der Waals surface area contributed by atoms with Crippen molar-refractivity contribution in [3.63, 3.8) is 0 Å². The number of fused-ring (bicyclic) bond motifs is 1. The largest absolute Gasteiger partial charge is 0.492 e. The Morgan fingerprint density at radius 2 is 2.09 bits per heavy atom. The fourth-order valence-corrected chi connectivity index (χ4v) is 5.37. The normalized spacial score (nSPS) is 12.7. The number of thiophene rings is 1. The summed E-state index contributed by atoms with van der Waals surface area (Å²) < 4.78 is 33.0. The van der Waals surface area contributed by atoms with Crippen molar-refractivity contribution in [3.8, 4) is 5.75 Å². The van der Waals surface area contributed by atoms with Crippen molar-refractivity contribution in [2.45, 2.75) is 11.0 Å². The molecule has 4 rings (SSSR count). The summed E-state index contributed by atoms with van der Waals surface area (Å²) in [5, 5.41) is 24.9. The van der Waals surface area contributed by atoms with Crippen LogP contribution in [0, 0.1) is 0 Å².